The molecule has 2 aromatic carbocycles. The van der Waals surface area contributed by atoms with E-state index in [1.54, 1.807) is 25.1 Å². The lowest BCUT2D eigenvalue weighted by molar-refractivity contribution is -0.704. The first-order valence-electron chi connectivity index (χ1n) is 7.98. The smallest absolute Gasteiger partial charge is 0.324 e. The number of H-pyrrole nitrogens is 1. The number of aryl methyl sites for hydroxylation is 1. The Morgan fingerprint density at radius 1 is 1.22 bits per heavy atom. The van der Waals surface area contributed by atoms with E-state index in [0.29, 0.717) is 15.7 Å². The van der Waals surface area contributed by atoms with Crippen molar-refractivity contribution in [3.63, 3.8) is 0 Å². The minimum absolute atomic E-state index is 0.267. The second kappa shape index (κ2) is 8.21. The van der Waals surface area contributed by atoms with Gasteiger partial charge >= 0.3 is 10.7 Å². The zero-order valence-corrected chi connectivity index (χ0v) is 16.8. The standard InChI is InChI=1S/C18H15Cl2N3O3S/c1-10-3-6-13(7-4-10)23-17(18(25)26-22-23)27-11(2)16(24)21-15-8-5-12(19)9-14(15)20/h3-9,11H,1-2H3,(H-,21,22,24,25)/p+1. The predicted octanol–water partition coefficient (Wildman–Crippen LogP) is 3.98. The SMILES string of the molecule is Cc1ccc(-[n+]2[nH]oc(=O)c2SC(C)C(=O)Nc2ccc(Cl)cc2Cl)cc1. The highest BCUT2D eigenvalue weighted by Crippen LogP contribution is 2.27. The van der Waals surface area contributed by atoms with Gasteiger partial charge in [-0.25, -0.2) is 4.79 Å². The summed E-state index contributed by atoms with van der Waals surface area (Å²) >= 11 is 13.0. The summed E-state index contributed by atoms with van der Waals surface area (Å²) in [6, 6.07) is 12.3. The number of halogens is 2. The van der Waals surface area contributed by atoms with E-state index in [2.05, 4.69) is 10.6 Å². The van der Waals surface area contributed by atoms with Gasteiger partial charge in [0, 0.05) is 17.2 Å². The zero-order chi connectivity index (χ0) is 19.6. The molecule has 6 nitrogen and oxygen atoms in total. The van der Waals surface area contributed by atoms with Gasteiger partial charge in [0.2, 0.25) is 11.6 Å². The van der Waals surface area contributed by atoms with E-state index < -0.39 is 10.9 Å². The van der Waals surface area contributed by atoms with Crippen LogP contribution in [0.3, 0.4) is 0 Å². The van der Waals surface area contributed by atoms with Gasteiger partial charge in [0.1, 0.15) is 0 Å². The molecule has 1 aromatic heterocycles. The quantitative estimate of drug-likeness (QED) is 0.479. The summed E-state index contributed by atoms with van der Waals surface area (Å²) in [6.45, 7) is 3.66. The maximum Gasteiger partial charge on any atom is 0.442 e. The Balaban J connectivity index is 1.78. The number of hydrogen-bond acceptors (Lipinski definition) is 4. The van der Waals surface area contributed by atoms with Gasteiger partial charge in [-0.2, -0.15) is 0 Å². The fraction of sp³-hybridized carbons (Fsp3) is 0.167. The highest BCUT2D eigenvalue weighted by atomic mass is 35.5. The van der Waals surface area contributed by atoms with Crippen molar-refractivity contribution in [3.8, 4) is 5.69 Å². The van der Waals surface area contributed by atoms with Crippen LogP contribution in [0.15, 0.2) is 56.8 Å². The second-order valence-corrected chi connectivity index (χ2v) is 8.00. The molecule has 1 amide bonds. The van der Waals surface area contributed by atoms with Gasteiger partial charge in [0.05, 0.1) is 16.0 Å². The molecule has 0 aliphatic carbocycles. The molecule has 9 heteroatoms. The third-order valence-corrected chi connectivity index (χ3v) is 5.43. The van der Waals surface area contributed by atoms with Crippen molar-refractivity contribution in [3.05, 3.63) is 68.5 Å². The van der Waals surface area contributed by atoms with Gasteiger partial charge in [-0.3, -0.25) is 9.32 Å². The Labute approximate surface area is 169 Å². The first kappa shape index (κ1) is 19.5. The number of carbonyl (C=O) groups excluding carboxylic acids is 1. The molecule has 1 atom stereocenters. The monoisotopic (exact) mass is 424 g/mol. The summed E-state index contributed by atoms with van der Waals surface area (Å²) in [5.41, 5.74) is 1.71. The molecule has 0 bridgehead atoms. The van der Waals surface area contributed by atoms with Crippen LogP contribution in [0.1, 0.15) is 12.5 Å². The molecule has 140 valence electrons. The molecule has 0 aliphatic rings. The Hall–Kier alpha value is -2.22. The minimum atomic E-state index is -0.577. The number of rotatable bonds is 5. The number of anilines is 1. The number of amides is 1. The van der Waals surface area contributed by atoms with E-state index in [1.807, 2.05) is 31.2 Å². The van der Waals surface area contributed by atoms with Gasteiger partial charge in [0.25, 0.3) is 0 Å². The van der Waals surface area contributed by atoms with Crippen molar-refractivity contribution >= 4 is 46.6 Å². The topological polar surface area (TPSA) is 79.0 Å². The summed E-state index contributed by atoms with van der Waals surface area (Å²) in [4.78, 5) is 24.6. The maximum absolute atomic E-state index is 12.5. The fourth-order valence-electron chi connectivity index (χ4n) is 2.27. The number of benzene rings is 2. The highest BCUT2D eigenvalue weighted by molar-refractivity contribution is 8.00. The lowest BCUT2D eigenvalue weighted by Crippen LogP contribution is -2.37. The van der Waals surface area contributed by atoms with Crippen molar-refractivity contribution in [1.82, 2.24) is 5.27 Å². The molecule has 1 heterocycles. The van der Waals surface area contributed by atoms with Crippen molar-refractivity contribution in [2.75, 3.05) is 5.32 Å². The number of aromatic nitrogens is 2. The lowest BCUT2D eigenvalue weighted by Gasteiger charge is -2.11. The van der Waals surface area contributed by atoms with E-state index in [0.717, 1.165) is 23.0 Å². The van der Waals surface area contributed by atoms with Crippen molar-refractivity contribution in [2.45, 2.75) is 24.1 Å². The van der Waals surface area contributed by atoms with Crippen molar-refractivity contribution in [2.24, 2.45) is 0 Å². The van der Waals surface area contributed by atoms with Crippen LogP contribution in [0.5, 0.6) is 0 Å². The van der Waals surface area contributed by atoms with Gasteiger partial charge in [0.15, 0.2) is 0 Å². The average molecular weight is 425 g/mol. The number of hydrogen-bond donors (Lipinski definition) is 2. The number of nitrogens with zero attached hydrogens (tertiary/aromatic N) is 1. The summed E-state index contributed by atoms with van der Waals surface area (Å²) in [7, 11) is 0. The van der Waals surface area contributed by atoms with E-state index in [1.165, 1.54) is 4.68 Å². The van der Waals surface area contributed by atoms with Crippen LogP contribution in [0, 0.1) is 6.92 Å². The Morgan fingerprint density at radius 3 is 2.59 bits per heavy atom. The Kier molecular flexibility index (Phi) is 5.94. The molecular formula is C18H16Cl2N3O3S+. The van der Waals surface area contributed by atoms with E-state index >= 15 is 0 Å². The van der Waals surface area contributed by atoms with E-state index in [-0.39, 0.29) is 10.9 Å². The Morgan fingerprint density at radius 2 is 1.93 bits per heavy atom. The third-order valence-electron chi connectivity index (χ3n) is 3.75. The molecule has 3 rings (SSSR count). The highest BCUT2D eigenvalue weighted by Gasteiger charge is 2.29. The minimum Gasteiger partial charge on any atom is -0.324 e. The summed E-state index contributed by atoms with van der Waals surface area (Å²) in [5, 5.41) is 5.80. The normalized spacial score (nSPS) is 12.0. The predicted molar refractivity (Wildman–Crippen MR) is 106 cm³/mol. The number of thioether (sulfide) groups is 1. The van der Waals surface area contributed by atoms with E-state index in [9.17, 15) is 9.59 Å². The first-order chi connectivity index (χ1) is 12.8. The van der Waals surface area contributed by atoms with Gasteiger partial charge in [-0.15, -0.1) is 0 Å². The molecule has 3 aromatic rings. The average Bonchev–Trinajstić information content (AvgIpc) is 2.98. The van der Waals surface area contributed by atoms with Crippen LogP contribution in [0.25, 0.3) is 5.69 Å². The molecule has 0 radical (unpaired) electrons. The van der Waals surface area contributed by atoms with Crippen molar-refractivity contribution < 1.29 is 14.0 Å². The molecule has 0 saturated carbocycles. The largest absolute Gasteiger partial charge is 0.442 e. The summed E-state index contributed by atoms with van der Waals surface area (Å²) in [6.07, 6.45) is 0. The van der Waals surface area contributed by atoms with Crippen LogP contribution in [-0.2, 0) is 4.79 Å². The summed E-state index contributed by atoms with van der Waals surface area (Å²) < 4.78 is 6.41. The Bertz CT molecular complexity index is 1030. The lowest BCUT2D eigenvalue weighted by atomic mass is 10.2. The van der Waals surface area contributed by atoms with Gasteiger partial charge < -0.3 is 5.32 Å². The van der Waals surface area contributed by atoms with Gasteiger partial charge in [-0.05, 0) is 53.8 Å². The number of aromatic amines is 1. The molecular weight excluding hydrogens is 409 g/mol. The van der Waals surface area contributed by atoms with Crippen LogP contribution < -0.4 is 15.6 Å². The van der Waals surface area contributed by atoms with Crippen molar-refractivity contribution in [1.29, 1.82) is 0 Å². The molecule has 0 fully saturated rings. The molecule has 2 N–H and O–H groups in total. The third kappa shape index (κ3) is 4.55. The first-order valence-corrected chi connectivity index (χ1v) is 9.62. The zero-order valence-electron chi connectivity index (χ0n) is 14.5. The molecule has 0 spiro atoms. The summed E-state index contributed by atoms with van der Waals surface area (Å²) in [5.74, 6) is -0.305. The fourth-order valence-corrected chi connectivity index (χ4v) is 3.62. The molecule has 0 aliphatic heterocycles. The maximum atomic E-state index is 12.5. The second-order valence-electron chi connectivity index (χ2n) is 5.83. The van der Waals surface area contributed by atoms with Crippen LogP contribution >= 0.6 is 35.0 Å². The molecule has 1 unspecified atom stereocenters. The van der Waals surface area contributed by atoms with Crippen LogP contribution in [0.2, 0.25) is 10.0 Å². The van der Waals surface area contributed by atoms with Crippen LogP contribution in [-0.4, -0.2) is 16.4 Å². The molecule has 0 saturated heterocycles. The van der Waals surface area contributed by atoms with Crippen LogP contribution in [0.4, 0.5) is 5.69 Å². The number of carbonyl (C=O) groups is 1. The molecule has 27 heavy (non-hydrogen) atoms. The number of nitrogens with one attached hydrogen (secondary N) is 2. The van der Waals surface area contributed by atoms with Gasteiger partial charge in [-0.1, -0.05) is 40.9 Å². The van der Waals surface area contributed by atoms with E-state index in [4.69, 9.17) is 27.7 Å².